The van der Waals surface area contributed by atoms with Crippen molar-refractivity contribution in [2.24, 2.45) is 11.7 Å². The summed E-state index contributed by atoms with van der Waals surface area (Å²) < 4.78 is 66.3. The van der Waals surface area contributed by atoms with E-state index in [1.165, 1.54) is 0 Å². The first-order valence-electron chi connectivity index (χ1n) is 7.95. The van der Waals surface area contributed by atoms with Crippen molar-refractivity contribution in [2.75, 3.05) is 13.1 Å². The number of nitrogens with two attached hydrogens (primary N) is 1. The van der Waals surface area contributed by atoms with E-state index in [-0.39, 0.29) is 42.2 Å². The van der Waals surface area contributed by atoms with Crippen LogP contribution in [-0.2, 0) is 14.8 Å². The number of nitrogens with one attached hydrogen (secondary N) is 2. The van der Waals surface area contributed by atoms with Gasteiger partial charge in [0.2, 0.25) is 15.9 Å². The van der Waals surface area contributed by atoms with E-state index in [0.29, 0.717) is 12.5 Å². The summed E-state index contributed by atoms with van der Waals surface area (Å²) >= 11 is 0. The second-order valence-corrected chi connectivity index (χ2v) is 7.68. The lowest BCUT2D eigenvalue weighted by Gasteiger charge is -2.16. The Morgan fingerprint density at radius 2 is 1.85 bits per heavy atom. The second kappa shape index (κ2) is 9.58. The molecule has 1 amide bonds. The molecule has 4 N–H and O–H groups in total. The molecule has 154 valence electrons. The van der Waals surface area contributed by atoms with E-state index in [9.17, 15) is 26.4 Å². The molecule has 7 nitrogen and oxygen atoms in total. The van der Waals surface area contributed by atoms with Gasteiger partial charge in [0.1, 0.15) is 5.75 Å². The Morgan fingerprint density at radius 1 is 1.26 bits per heavy atom. The predicted molar refractivity (Wildman–Crippen MR) is 93.9 cm³/mol. The normalized spacial score (nSPS) is 15.6. The van der Waals surface area contributed by atoms with Gasteiger partial charge in [0.25, 0.3) is 0 Å². The number of carbonyl (C=O) groups excluding carboxylic acids is 1. The van der Waals surface area contributed by atoms with E-state index in [2.05, 4.69) is 14.8 Å². The summed E-state index contributed by atoms with van der Waals surface area (Å²) in [6.07, 6.45) is -2.89. The van der Waals surface area contributed by atoms with Crippen LogP contribution in [0.4, 0.5) is 13.2 Å². The lowest BCUT2D eigenvalue weighted by Crippen LogP contribution is -2.42. The van der Waals surface area contributed by atoms with Gasteiger partial charge in [-0.2, -0.15) is 0 Å². The Bertz CT molecular complexity index is 725. The molecule has 1 unspecified atom stereocenters. The van der Waals surface area contributed by atoms with Crippen LogP contribution in [-0.4, -0.2) is 39.8 Å². The minimum atomic E-state index is -4.85. The van der Waals surface area contributed by atoms with Crippen LogP contribution in [0.1, 0.15) is 19.3 Å². The van der Waals surface area contributed by atoms with Crippen LogP contribution in [0.3, 0.4) is 0 Å². The number of hydrogen-bond donors (Lipinski definition) is 3. The maximum Gasteiger partial charge on any atom is 0.573 e. The number of ether oxygens (including phenoxy) is 1. The summed E-state index contributed by atoms with van der Waals surface area (Å²) in [7, 11) is -3.95. The first-order chi connectivity index (χ1) is 12.1. The van der Waals surface area contributed by atoms with E-state index in [4.69, 9.17) is 5.73 Å². The van der Waals surface area contributed by atoms with Crippen molar-refractivity contribution >= 4 is 28.3 Å². The van der Waals surface area contributed by atoms with E-state index < -0.39 is 22.1 Å². The number of alkyl halides is 3. The number of rotatable bonds is 9. The molecule has 1 aliphatic carbocycles. The van der Waals surface area contributed by atoms with Gasteiger partial charge < -0.3 is 15.8 Å². The van der Waals surface area contributed by atoms with Gasteiger partial charge in [-0.3, -0.25) is 4.79 Å². The minimum Gasteiger partial charge on any atom is -0.406 e. The predicted octanol–water partition coefficient (Wildman–Crippen LogP) is 1.53. The number of sulfonamides is 1. The number of benzene rings is 1. The van der Waals surface area contributed by atoms with E-state index in [1.54, 1.807) is 0 Å². The maximum atomic E-state index is 12.1. The Balaban J connectivity index is 0.00000364. The third-order valence-corrected chi connectivity index (χ3v) is 5.28. The standard InChI is InChI=1S/C15H20F3N3O4S.ClH/c16-15(17,18)25-11-3-5-12(6-4-11)26(23,24)20-8-7-14(22)21-13(9-19)10-1-2-10;/h3-6,10,13,20H,1-2,7-9,19H2,(H,21,22);1H. The molecule has 1 aliphatic rings. The zero-order valence-electron chi connectivity index (χ0n) is 14.2. The highest BCUT2D eigenvalue weighted by atomic mass is 35.5. The molecule has 12 heteroatoms. The summed E-state index contributed by atoms with van der Waals surface area (Å²) in [5, 5.41) is 2.76. The van der Waals surface area contributed by atoms with E-state index >= 15 is 0 Å². The molecule has 1 atom stereocenters. The van der Waals surface area contributed by atoms with Crippen molar-refractivity contribution in [1.29, 1.82) is 0 Å². The third-order valence-electron chi connectivity index (χ3n) is 3.80. The average Bonchev–Trinajstić information content (AvgIpc) is 3.36. The van der Waals surface area contributed by atoms with Crippen LogP contribution in [0.5, 0.6) is 5.75 Å². The first-order valence-corrected chi connectivity index (χ1v) is 9.44. The summed E-state index contributed by atoms with van der Waals surface area (Å²) in [4.78, 5) is 11.6. The van der Waals surface area contributed by atoms with E-state index in [0.717, 1.165) is 37.1 Å². The van der Waals surface area contributed by atoms with Crippen molar-refractivity contribution in [2.45, 2.75) is 36.6 Å². The largest absolute Gasteiger partial charge is 0.573 e. The fraction of sp³-hybridized carbons (Fsp3) is 0.533. The third kappa shape index (κ3) is 7.91. The highest BCUT2D eigenvalue weighted by Gasteiger charge is 2.32. The molecule has 1 fully saturated rings. The molecular formula is C15H21ClF3N3O4S. The van der Waals surface area contributed by atoms with Crippen LogP contribution in [0, 0.1) is 5.92 Å². The molecule has 1 saturated carbocycles. The number of hydrogen-bond acceptors (Lipinski definition) is 5. The Labute approximate surface area is 161 Å². The zero-order valence-corrected chi connectivity index (χ0v) is 15.8. The molecule has 27 heavy (non-hydrogen) atoms. The van der Waals surface area contributed by atoms with Crippen molar-refractivity contribution < 1.29 is 31.1 Å². The van der Waals surface area contributed by atoms with Crippen molar-refractivity contribution in [3.05, 3.63) is 24.3 Å². The monoisotopic (exact) mass is 431 g/mol. The average molecular weight is 432 g/mol. The summed E-state index contributed by atoms with van der Waals surface area (Å²) in [6.45, 7) is 0.186. The van der Waals surface area contributed by atoms with E-state index in [1.807, 2.05) is 0 Å². The molecular weight excluding hydrogens is 411 g/mol. The lowest BCUT2D eigenvalue weighted by molar-refractivity contribution is -0.274. The zero-order chi connectivity index (χ0) is 19.4. The van der Waals surface area contributed by atoms with Gasteiger partial charge in [0.05, 0.1) is 4.90 Å². The molecule has 0 spiro atoms. The molecule has 2 rings (SSSR count). The number of amides is 1. The highest BCUT2D eigenvalue weighted by molar-refractivity contribution is 7.89. The smallest absolute Gasteiger partial charge is 0.406 e. The van der Waals surface area contributed by atoms with Gasteiger partial charge in [-0.25, -0.2) is 13.1 Å². The van der Waals surface area contributed by atoms with Crippen LogP contribution in [0.15, 0.2) is 29.2 Å². The van der Waals surface area contributed by atoms with Crippen LogP contribution in [0.25, 0.3) is 0 Å². The molecule has 0 bridgehead atoms. The molecule has 0 aromatic heterocycles. The Kier molecular flexibility index (Phi) is 8.33. The minimum absolute atomic E-state index is 0. The fourth-order valence-electron chi connectivity index (χ4n) is 2.35. The molecule has 1 aromatic carbocycles. The highest BCUT2D eigenvalue weighted by Crippen LogP contribution is 2.32. The van der Waals surface area contributed by atoms with Gasteiger partial charge in [-0.15, -0.1) is 25.6 Å². The summed E-state index contributed by atoms with van der Waals surface area (Å²) in [5.41, 5.74) is 5.58. The number of carbonyl (C=O) groups is 1. The SMILES string of the molecule is Cl.NCC(NC(=O)CCNS(=O)(=O)c1ccc(OC(F)(F)F)cc1)C1CC1. The van der Waals surface area contributed by atoms with Gasteiger partial charge in [-0.05, 0) is 43.0 Å². The summed E-state index contributed by atoms with van der Waals surface area (Å²) in [5.74, 6) is -0.453. The fourth-order valence-corrected chi connectivity index (χ4v) is 3.38. The molecule has 0 heterocycles. The van der Waals surface area contributed by atoms with Gasteiger partial charge in [0.15, 0.2) is 0 Å². The van der Waals surface area contributed by atoms with Gasteiger partial charge in [-0.1, -0.05) is 0 Å². The van der Waals surface area contributed by atoms with Crippen LogP contribution in [0.2, 0.25) is 0 Å². The topological polar surface area (TPSA) is 111 Å². The molecule has 0 radical (unpaired) electrons. The van der Waals surface area contributed by atoms with Gasteiger partial charge >= 0.3 is 6.36 Å². The summed E-state index contributed by atoms with van der Waals surface area (Å²) in [6, 6.07) is 3.68. The Hall–Kier alpha value is -1.56. The maximum absolute atomic E-state index is 12.1. The van der Waals surface area contributed by atoms with Crippen molar-refractivity contribution in [1.82, 2.24) is 10.0 Å². The lowest BCUT2D eigenvalue weighted by atomic mass is 10.2. The molecule has 0 saturated heterocycles. The second-order valence-electron chi connectivity index (χ2n) is 5.91. The van der Waals surface area contributed by atoms with Crippen molar-refractivity contribution in [3.63, 3.8) is 0 Å². The van der Waals surface area contributed by atoms with Crippen LogP contribution < -0.4 is 20.5 Å². The van der Waals surface area contributed by atoms with Crippen LogP contribution >= 0.6 is 12.4 Å². The number of halogens is 4. The Morgan fingerprint density at radius 3 is 2.33 bits per heavy atom. The first kappa shape index (κ1) is 23.5. The van der Waals surface area contributed by atoms with Crippen molar-refractivity contribution in [3.8, 4) is 5.75 Å². The molecule has 0 aliphatic heterocycles. The van der Waals surface area contributed by atoms with Gasteiger partial charge in [0, 0.05) is 25.6 Å². The quantitative estimate of drug-likeness (QED) is 0.549. The molecule has 1 aromatic rings.